The van der Waals surface area contributed by atoms with E-state index in [-0.39, 0.29) is 11.4 Å². The van der Waals surface area contributed by atoms with Crippen molar-refractivity contribution in [3.05, 3.63) is 12.2 Å². The van der Waals surface area contributed by atoms with Gasteiger partial charge in [0.2, 0.25) is 0 Å². The number of hydrogen-bond donors (Lipinski definition) is 0. The summed E-state index contributed by atoms with van der Waals surface area (Å²) in [6.07, 6.45) is 4.37. The van der Waals surface area contributed by atoms with Gasteiger partial charge in [-0.1, -0.05) is 39.8 Å². The second-order valence-corrected chi connectivity index (χ2v) is 3.80. The molecule has 0 heterocycles. The molecule has 2 heteroatoms. The van der Waals surface area contributed by atoms with Gasteiger partial charge >= 0.3 is 5.97 Å². The molecule has 12 heavy (non-hydrogen) atoms. The molecule has 0 aromatic carbocycles. The molecule has 0 aliphatic rings. The Bertz CT molecular complexity index is 163. The lowest BCUT2D eigenvalue weighted by molar-refractivity contribution is -0.141. The van der Waals surface area contributed by atoms with Gasteiger partial charge in [-0.3, -0.25) is 4.79 Å². The number of hydrogen-bond acceptors (Lipinski definition) is 2. The summed E-state index contributed by atoms with van der Waals surface area (Å²) in [5.41, 5.74) is 0.165. The zero-order valence-electron chi connectivity index (χ0n) is 8.39. The number of allylic oxidation sites excluding steroid dienone is 1. The van der Waals surface area contributed by atoms with Crippen molar-refractivity contribution in [3.8, 4) is 0 Å². The topological polar surface area (TPSA) is 26.3 Å². The second-order valence-electron chi connectivity index (χ2n) is 3.80. The number of esters is 1. The van der Waals surface area contributed by atoms with Crippen molar-refractivity contribution in [1.82, 2.24) is 0 Å². The Morgan fingerprint density at radius 1 is 1.42 bits per heavy atom. The number of rotatable bonds is 3. The van der Waals surface area contributed by atoms with E-state index in [0.29, 0.717) is 13.0 Å². The summed E-state index contributed by atoms with van der Waals surface area (Å²) in [6.45, 7) is 8.49. The molecule has 0 spiro atoms. The molecule has 0 saturated carbocycles. The van der Waals surface area contributed by atoms with Gasteiger partial charge in [0.1, 0.15) is 6.61 Å². The molecule has 0 unspecified atom stereocenters. The third kappa shape index (κ3) is 7.32. The quantitative estimate of drug-likeness (QED) is 0.480. The normalized spacial score (nSPS) is 12.0. The maximum atomic E-state index is 10.7. The summed E-state index contributed by atoms with van der Waals surface area (Å²) in [6, 6.07) is 0. The van der Waals surface area contributed by atoms with E-state index in [1.54, 1.807) is 6.92 Å². The third-order valence-electron chi connectivity index (χ3n) is 1.25. The summed E-state index contributed by atoms with van der Waals surface area (Å²) in [5, 5.41) is 0. The fourth-order valence-corrected chi connectivity index (χ4v) is 0.645. The molecule has 0 N–H and O–H groups in total. The van der Waals surface area contributed by atoms with Gasteiger partial charge in [0.25, 0.3) is 0 Å². The monoisotopic (exact) mass is 170 g/mol. The van der Waals surface area contributed by atoms with Crippen LogP contribution in [0, 0.1) is 5.41 Å². The van der Waals surface area contributed by atoms with E-state index in [2.05, 4.69) is 20.8 Å². The van der Waals surface area contributed by atoms with Crippen LogP contribution in [0.5, 0.6) is 0 Å². The van der Waals surface area contributed by atoms with E-state index in [1.807, 2.05) is 12.2 Å². The van der Waals surface area contributed by atoms with Crippen LogP contribution in [0.4, 0.5) is 0 Å². The van der Waals surface area contributed by atoms with Crippen LogP contribution in [-0.2, 0) is 9.53 Å². The van der Waals surface area contributed by atoms with Crippen molar-refractivity contribution in [3.63, 3.8) is 0 Å². The second kappa shape index (κ2) is 4.96. The van der Waals surface area contributed by atoms with Crippen molar-refractivity contribution in [2.75, 3.05) is 6.61 Å². The molecule has 70 valence electrons. The summed E-state index contributed by atoms with van der Waals surface area (Å²) in [4.78, 5) is 10.7. The van der Waals surface area contributed by atoms with Crippen LogP contribution in [0.3, 0.4) is 0 Å². The van der Waals surface area contributed by atoms with Gasteiger partial charge in [-0.15, -0.1) is 0 Å². The maximum Gasteiger partial charge on any atom is 0.305 e. The molecular weight excluding hydrogens is 152 g/mol. The molecular formula is C10H18O2. The Morgan fingerprint density at radius 3 is 2.42 bits per heavy atom. The average Bonchev–Trinajstić information content (AvgIpc) is 1.96. The van der Waals surface area contributed by atoms with Gasteiger partial charge in [0.15, 0.2) is 0 Å². The molecule has 0 aromatic rings. The van der Waals surface area contributed by atoms with Gasteiger partial charge in [-0.25, -0.2) is 0 Å². The SMILES string of the molecule is CCC(=O)OC/C=C/C(C)(C)C. The van der Waals surface area contributed by atoms with Crippen LogP contribution in [0.1, 0.15) is 34.1 Å². The van der Waals surface area contributed by atoms with Crippen LogP contribution in [0.15, 0.2) is 12.2 Å². The highest BCUT2D eigenvalue weighted by molar-refractivity contribution is 5.68. The predicted molar refractivity (Wildman–Crippen MR) is 49.8 cm³/mol. The van der Waals surface area contributed by atoms with E-state index < -0.39 is 0 Å². The number of carbonyl (C=O) groups is 1. The van der Waals surface area contributed by atoms with Crippen molar-refractivity contribution in [2.24, 2.45) is 5.41 Å². The van der Waals surface area contributed by atoms with E-state index in [9.17, 15) is 4.79 Å². The Morgan fingerprint density at radius 2 is 2.00 bits per heavy atom. The van der Waals surface area contributed by atoms with Gasteiger partial charge in [0, 0.05) is 6.42 Å². The lowest BCUT2D eigenvalue weighted by atomic mass is 9.96. The molecule has 2 nitrogen and oxygen atoms in total. The fraction of sp³-hybridized carbons (Fsp3) is 0.700. The van der Waals surface area contributed by atoms with E-state index in [0.717, 1.165) is 0 Å². The Balaban J connectivity index is 3.56. The van der Waals surface area contributed by atoms with E-state index in [1.165, 1.54) is 0 Å². The molecule has 0 radical (unpaired) electrons. The van der Waals surface area contributed by atoms with Crippen molar-refractivity contribution in [2.45, 2.75) is 34.1 Å². The molecule has 0 amide bonds. The highest BCUT2D eigenvalue weighted by Crippen LogP contribution is 2.13. The fourth-order valence-electron chi connectivity index (χ4n) is 0.645. The van der Waals surface area contributed by atoms with Crippen molar-refractivity contribution in [1.29, 1.82) is 0 Å². The Hall–Kier alpha value is -0.790. The first kappa shape index (κ1) is 11.2. The van der Waals surface area contributed by atoms with E-state index in [4.69, 9.17) is 4.74 Å². The Labute approximate surface area is 74.6 Å². The zero-order valence-corrected chi connectivity index (χ0v) is 8.39. The van der Waals surface area contributed by atoms with Crippen molar-refractivity contribution >= 4 is 5.97 Å². The van der Waals surface area contributed by atoms with E-state index >= 15 is 0 Å². The van der Waals surface area contributed by atoms with Gasteiger partial charge < -0.3 is 4.74 Å². The lowest BCUT2D eigenvalue weighted by Crippen LogP contribution is -2.04. The highest BCUT2D eigenvalue weighted by Gasteiger charge is 2.03. The molecule has 0 aromatic heterocycles. The summed E-state index contributed by atoms with van der Waals surface area (Å²) < 4.78 is 4.86. The zero-order chi connectivity index (χ0) is 9.61. The minimum Gasteiger partial charge on any atom is -0.461 e. The van der Waals surface area contributed by atoms with Gasteiger partial charge in [-0.2, -0.15) is 0 Å². The molecule has 0 aliphatic heterocycles. The van der Waals surface area contributed by atoms with Crippen LogP contribution in [-0.4, -0.2) is 12.6 Å². The minimum atomic E-state index is -0.145. The smallest absolute Gasteiger partial charge is 0.305 e. The lowest BCUT2D eigenvalue weighted by Gasteiger charge is -2.10. The molecule has 0 saturated heterocycles. The van der Waals surface area contributed by atoms with Crippen LogP contribution < -0.4 is 0 Å². The highest BCUT2D eigenvalue weighted by atomic mass is 16.5. The summed E-state index contributed by atoms with van der Waals surface area (Å²) in [7, 11) is 0. The largest absolute Gasteiger partial charge is 0.461 e. The number of carbonyl (C=O) groups excluding carboxylic acids is 1. The van der Waals surface area contributed by atoms with Gasteiger partial charge in [-0.05, 0) is 5.41 Å². The first-order valence-electron chi connectivity index (χ1n) is 4.29. The third-order valence-corrected chi connectivity index (χ3v) is 1.25. The van der Waals surface area contributed by atoms with Gasteiger partial charge in [0.05, 0.1) is 0 Å². The Kier molecular flexibility index (Phi) is 4.64. The first-order chi connectivity index (χ1) is 5.45. The minimum absolute atomic E-state index is 0.145. The maximum absolute atomic E-state index is 10.7. The molecule has 0 bridgehead atoms. The average molecular weight is 170 g/mol. The first-order valence-corrected chi connectivity index (χ1v) is 4.29. The number of ether oxygens (including phenoxy) is 1. The summed E-state index contributed by atoms with van der Waals surface area (Å²) >= 11 is 0. The summed E-state index contributed by atoms with van der Waals surface area (Å²) in [5.74, 6) is -0.145. The molecule has 0 aliphatic carbocycles. The van der Waals surface area contributed by atoms with Crippen molar-refractivity contribution < 1.29 is 9.53 Å². The molecule has 0 fully saturated rings. The van der Waals surface area contributed by atoms with Crippen LogP contribution >= 0.6 is 0 Å². The van der Waals surface area contributed by atoms with Crippen LogP contribution in [0.2, 0.25) is 0 Å². The molecule has 0 atom stereocenters. The molecule has 0 rings (SSSR count). The van der Waals surface area contributed by atoms with Crippen LogP contribution in [0.25, 0.3) is 0 Å². The standard InChI is InChI=1S/C10H18O2/c1-5-9(11)12-8-6-7-10(2,3)4/h6-7H,5,8H2,1-4H3/b7-6+. The predicted octanol–water partition coefficient (Wildman–Crippen LogP) is 2.54.